The summed E-state index contributed by atoms with van der Waals surface area (Å²) in [5.74, 6) is 3.38. The zero-order valence-corrected chi connectivity index (χ0v) is 14.1. The van der Waals surface area contributed by atoms with Crippen molar-refractivity contribution < 1.29 is 0 Å². The maximum absolute atomic E-state index is 8.45. The molecule has 2 aliphatic carbocycles. The van der Waals surface area contributed by atoms with Crippen molar-refractivity contribution in [3.05, 3.63) is 36.5 Å². The van der Waals surface area contributed by atoms with Crippen LogP contribution in [0.4, 0.5) is 0 Å². The van der Waals surface area contributed by atoms with E-state index >= 15 is 0 Å². The van der Waals surface area contributed by atoms with Gasteiger partial charge in [-0.3, -0.25) is 0 Å². The molecule has 120 valence electrons. The lowest BCUT2D eigenvalue weighted by molar-refractivity contribution is 0.301. The maximum Gasteiger partial charge on any atom is 0.0912 e. The van der Waals surface area contributed by atoms with Gasteiger partial charge >= 0.3 is 0 Å². The number of hydrogen-bond acceptors (Lipinski definition) is 1. The van der Waals surface area contributed by atoms with Gasteiger partial charge in [-0.25, -0.2) is 0 Å². The zero-order chi connectivity index (χ0) is 15.6. The average Bonchev–Trinajstić information content (AvgIpc) is 2.58. The maximum atomic E-state index is 8.45. The van der Waals surface area contributed by atoms with Crippen molar-refractivity contribution in [3.8, 4) is 6.07 Å². The highest BCUT2D eigenvalue weighted by atomic mass is 14.3. The fourth-order valence-corrected chi connectivity index (χ4v) is 3.95. The van der Waals surface area contributed by atoms with E-state index in [-0.39, 0.29) is 0 Å². The summed E-state index contributed by atoms with van der Waals surface area (Å²) >= 11 is 0. The van der Waals surface area contributed by atoms with Crippen LogP contribution in [0.15, 0.2) is 36.5 Å². The van der Waals surface area contributed by atoms with Crippen LogP contribution in [0.5, 0.6) is 0 Å². The summed E-state index contributed by atoms with van der Waals surface area (Å²) in [5, 5.41) is 8.45. The van der Waals surface area contributed by atoms with E-state index in [4.69, 9.17) is 5.26 Å². The monoisotopic (exact) mass is 297 g/mol. The van der Waals surface area contributed by atoms with Crippen LogP contribution in [0, 0.1) is 35.0 Å². The van der Waals surface area contributed by atoms with Gasteiger partial charge in [0.2, 0.25) is 0 Å². The minimum absolute atomic E-state index is 0.716. The van der Waals surface area contributed by atoms with Crippen molar-refractivity contribution in [2.75, 3.05) is 0 Å². The minimum atomic E-state index is 0.716. The van der Waals surface area contributed by atoms with E-state index in [1.807, 2.05) is 18.2 Å². The lowest BCUT2D eigenvalue weighted by Crippen LogP contribution is -2.14. The van der Waals surface area contributed by atoms with Gasteiger partial charge < -0.3 is 0 Å². The third-order valence-corrected chi connectivity index (χ3v) is 5.61. The normalized spacial score (nSPS) is 33.6. The van der Waals surface area contributed by atoms with E-state index in [9.17, 15) is 0 Å². The van der Waals surface area contributed by atoms with Crippen LogP contribution in [0.3, 0.4) is 0 Å². The fourth-order valence-electron chi connectivity index (χ4n) is 3.95. The van der Waals surface area contributed by atoms with Crippen LogP contribution in [-0.4, -0.2) is 0 Å². The Kier molecular flexibility index (Phi) is 7.50. The third kappa shape index (κ3) is 5.84. The first kappa shape index (κ1) is 17.1. The van der Waals surface area contributed by atoms with Gasteiger partial charge in [0.1, 0.15) is 0 Å². The Hall–Kier alpha value is -1.29. The molecule has 0 amide bonds. The topological polar surface area (TPSA) is 23.8 Å². The second-order valence-electron chi connectivity index (χ2n) is 7.12. The smallest absolute Gasteiger partial charge is 0.0912 e. The molecule has 0 aromatic carbocycles. The van der Waals surface area contributed by atoms with Gasteiger partial charge in [0.25, 0.3) is 0 Å². The molecule has 0 unspecified atom stereocenters. The lowest BCUT2D eigenvalue weighted by Gasteiger charge is -2.27. The Bertz CT molecular complexity index is 421. The van der Waals surface area contributed by atoms with Crippen molar-refractivity contribution in [2.24, 2.45) is 23.7 Å². The van der Waals surface area contributed by atoms with Gasteiger partial charge in [0, 0.05) is 6.08 Å². The first-order chi connectivity index (χ1) is 10.8. The first-order valence-corrected chi connectivity index (χ1v) is 9.23. The molecule has 0 atom stereocenters. The minimum Gasteiger partial charge on any atom is -0.193 e. The van der Waals surface area contributed by atoms with E-state index in [0.717, 1.165) is 17.8 Å². The van der Waals surface area contributed by atoms with Gasteiger partial charge in [0.15, 0.2) is 0 Å². The third-order valence-electron chi connectivity index (χ3n) is 5.61. The van der Waals surface area contributed by atoms with E-state index in [2.05, 4.69) is 25.2 Å². The highest BCUT2D eigenvalue weighted by Crippen LogP contribution is 2.34. The molecular formula is C21H31N. The molecule has 2 aliphatic rings. The molecule has 0 radical (unpaired) electrons. The van der Waals surface area contributed by atoms with E-state index in [1.54, 1.807) is 0 Å². The molecule has 1 nitrogen and oxygen atoms in total. The summed E-state index contributed by atoms with van der Waals surface area (Å²) in [6, 6.07) is 2.03. The molecule has 0 aromatic heterocycles. The molecule has 2 saturated carbocycles. The molecule has 0 spiro atoms. The number of hydrogen-bond donors (Lipinski definition) is 0. The molecule has 2 fully saturated rings. The summed E-state index contributed by atoms with van der Waals surface area (Å²) in [5.41, 5.74) is 0. The standard InChI is InChI=1S/C21H31N/c1-2-18-7-9-20(10-8-18)15-16-21-13-11-19(12-14-21)6-4-3-5-17-22/h3-6,15-16,18-21H,2,7-14H2,1H3/t18?,19-,20?,21-. The van der Waals surface area contributed by atoms with E-state index in [0.29, 0.717) is 5.92 Å². The number of nitrogens with zero attached hydrogens (tertiary/aromatic N) is 1. The predicted molar refractivity (Wildman–Crippen MR) is 94.2 cm³/mol. The lowest BCUT2D eigenvalue weighted by atomic mass is 9.78. The van der Waals surface area contributed by atoms with Crippen molar-refractivity contribution in [1.29, 1.82) is 5.26 Å². The highest BCUT2D eigenvalue weighted by molar-refractivity contribution is 5.12. The Labute approximate surface area is 136 Å². The van der Waals surface area contributed by atoms with Crippen molar-refractivity contribution in [2.45, 2.75) is 64.7 Å². The van der Waals surface area contributed by atoms with Crippen molar-refractivity contribution in [3.63, 3.8) is 0 Å². The Balaban J connectivity index is 1.67. The second kappa shape index (κ2) is 9.67. The van der Waals surface area contributed by atoms with Crippen LogP contribution in [0.2, 0.25) is 0 Å². The summed E-state index contributed by atoms with van der Waals surface area (Å²) in [6.07, 6.45) is 25.1. The van der Waals surface area contributed by atoms with Crippen LogP contribution in [0.1, 0.15) is 64.7 Å². The van der Waals surface area contributed by atoms with Crippen LogP contribution < -0.4 is 0 Å². The summed E-state index contributed by atoms with van der Waals surface area (Å²) < 4.78 is 0. The van der Waals surface area contributed by atoms with Gasteiger partial charge in [-0.15, -0.1) is 0 Å². The first-order valence-electron chi connectivity index (χ1n) is 9.23. The molecule has 0 N–H and O–H groups in total. The van der Waals surface area contributed by atoms with Crippen LogP contribution in [-0.2, 0) is 0 Å². The molecule has 22 heavy (non-hydrogen) atoms. The average molecular weight is 297 g/mol. The van der Waals surface area contributed by atoms with E-state index < -0.39 is 0 Å². The molecule has 0 heterocycles. The molecule has 0 aromatic rings. The Morgan fingerprint density at radius 1 is 0.773 bits per heavy atom. The highest BCUT2D eigenvalue weighted by Gasteiger charge is 2.20. The van der Waals surface area contributed by atoms with Crippen molar-refractivity contribution >= 4 is 0 Å². The molecule has 0 saturated heterocycles. The SMILES string of the molecule is CCC1CCC(C=C[C@H]2CC[C@H](C=CC=CC#N)CC2)CC1. The summed E-state index contributed by atoms with van der Waals surface area (Å²) in [4.78, 5) is 0. The molecular weight excluding hydrogens is 266 g/mol. The predicted octanol–water partition coefficient (Wildman–Crippen LogP) is 6.20. The van der Waals surface area contributed by atoms with Crippen LogP contribution in [0.25, 0.3) is 0 Å². The number of rotatable bonds is 5. The number of nitriles is 1. The number of allylic oxidation sites excluding steroid dienone is 6. The summed E-state index contributed by atoms with van der Waals surface area (Å²) in [6.45, 7) is 2.34. The Morgan fingerprint density at radius 3 is 1.77 bits per heavy atom. The van der Waals surface area contributed by atoms with Gasteiger partial charge in [-0.1, -0.05) is 43.7 Å². The summed E-state index contributed by atoms with van der Waals surface area (Å²) in [7, 11) is 0. The second-order valence-corrected chi connectivity index (χ2v) is 7.12. The molecule has 2 rings (SSSR count). The molecule has 1 heteroatoms. The zero-order valence-electron chi connectivity index (χ0n) is 14.1. The van der Waals surface area contributed by atoms with Crippen LogP contribution >= 0.6 is 0 Å². The van der Waals surface area contributed by atoms with E-state index in [1.165, 1.54) is 63.9 Å². The van der Waals surface area contributed by atoms with Gasteiger partial charge in [0.05, 0.1) is 6.07 Å². The van der Waals surface area contributed by atoms with Crippen molar-refractivity contribution in [1.82, 2.24) is 0 Å². The fraction of sp³-hybridized carbons (Fsp3) is 0.667. The largest absolute Gasteiger partial charge is 0.193 e. The van der Waals surface area contributed by atoms with Gasteiger partial charge in [-0.05, 0) is 75.0 Å². The molecule has 0 bridgehead atoms. The molecule has 0 aliphatic heterocycles. The van der Waals surface area contributed by atoms with Gasteiger partial charge in [-0.2, -0.15) is 5.26 Å². The quantitative estimate of drug-likeness (QED) is 0.336. The Morgan fingerprint density at radius 2 is 1.27 bits per heavy atom.